The van der Waals surface area contributed by atoms with Crippen LogP contribution in [0.1, 0.15) is 19.8 Å². The summed E-state index contributed by atoms with van der Waals surface area (Å²) in [5.74, 6) is -2.23. The van der Waals surface area contributed by atoms with Crippen LogP contribution in [0.2, 0.25) is 5.02 Å². The maximum Gasteiger partial charge on any atom is 0.355 e. The molecular weight excluding hydrogens is 401 g/mol. The zero-order valence-corrected chi connectivity index (χ0v) is 16.1. The first-order valence-electron chi connectivity index (χ1n) is 8.77. The second-order valence-electron chi connectivity index (χ2n) is 6.25. The molecular formula is C20H17ClFN3O4. The van der Waals surface area contributed by atoms with E-state index in [0.29, 0.717) is 5.69 Å². The lowest BCUT2D eigenvalue weighted by atomic mass is 10.1. The summed E-state index contributed by atoms with van der Waals surface area (Å²) in [6, 6.07) is 12.2. The molecule has 0 aliphatic carbocycles. The van der Waals surface area contributed by atoms with Crippen LogP contribution < -0.4 is 10.3 Å². The number of amides is 2. The minimum atomic E-state index is -1.16. The van der Waals surface area contributed by atoms with Crippen molar-refractivity contribution in [3.8, 4) is 0 Å². The SMILES string of the molecule is CC(OC(=O)C1=NN(c2ccccc2)C(=O)CC1)C(=O)Nc1ccc(F)cc1Cl. The molecule has 9 heteroatoms. The van der Waals surface area contributed by atoms with Crippen LogP contribution in [-0.2, 0) is 19.1 Å². The molecule has 1 N–H and O–H groups in total. The summed E-state index contributed by atoms with van der Waals surface area (Å²) in [5, 5.41) is 7.71. The van der Waals surface area contributed by atoms with Crippen molar-refractivity contribution in [1.82, 2.24) is 0 Å². The third-order valence-electron chi connectivity index (χ3n) is 4.11. The summed E-state index contributed by atoms with van der Waals surface area (Å²) in [4.78, 5) is 36.8. The van der Waals surface area contributed by atoms with E-state index in [0.717, 1.165) is 17.1 Å². The van der Waals surface area contributed by atoms with E-state index in [-0.39, 0.29) is 35.2 Å². The summed E-state index contributed by atoms with van der Waals surface area (Å²) in [5.41, 5.74) is 0.754. The molecule has 0 radical (unpaired) electrons. The molecule has 150 valence electrons. The van der Waals surface area contributed by atoms with E-state index in [9.17, 15) is 18.8 Å². The van der Waals surface area contributed by atoms with Gasteiger partial charge in [0, 0.05) is 12.8 Å². The predicted octanol–water partition coefficient (Wildman–Crippen LogP) is 3.53. The molecule has 0 saturated carbocycles. The van der Waals surface area contributed by atoms with Gasteiger partial charge in [0.05, 0.1) is 16.4 Å². The van der Waals surface area contributed by atoms with Gasteiger partial charge in [0.1, 0.15) is 11.5 Å². The Kier molecular flexibility index (Phi) is 6.23. The number of nitrogens with zero attached hydrogens (tertiary/aromatic N) is 2. The topological polar surface area (TPSA) is 88.1 Å². The van der Waals surface area contributed by atoms with Crippen LogP contribution in [-0.4, -0.2) is 29.6 Å². The molecule has 3 rings (SSSR count). The van der Waals surface area contributed by atoms with Crippen molar-refractivity contribution >= 4 is 46.5 Å². The lowest BCUT2D eigenvalue weighted by molar-refractivity contribution is -0.146. The number of ether oxygens (including phenoxy) is 1. The molecule has 1 unspecified atom stereocenters. The van der Waals surface area contributed by atoms with E-state index in [1.165, 1.54) is 13.0 Å². The van der Waals surface area contributed by atoms with Crippen molar-refractivity contribution in [2.45, 2.75) is 25.9 Å². The Hall–Kier alpha value is -3.26. The van der Waals surface area contributed by atoms with Gasteiger partial charge in [0.15, 0.2) is 6.10 Å². The summed E-state index contributed by atoms with van der Waals surface area (Å²) in [6.07, 6.45) is -0.956. The molecule has 1 atom stereocenters. The Labute approximate surface area is 171 Å². The van der Waals surface area contributed by atoms with E-state index in [1.54, 1.807) is 30.3 Å². The molecule has 2 aromatic rings. The molecule has 2 amide bonds. The number of benzene rings is 2. The molecule has 0 spiro atoms. The van der Waals surface area contributed by atoms with Gasteiger partial charge in [-0.15, -0.1) is 0 Å². The first-order valence-corrected chi connectivity index (χ1v) is 9.15. The molecule has 1 aliphatic heterocycles. The van der Waals surface area contributed by atoms with Gasteiger partial charge in [-0.1, -0.05) is 29.8 Å². The number of nitrogens with one attached hydrogen (secondary N) is 1. The second-order valence-corrected chi connectivity index (χ2v) is 6.66. The third kappa shape index (κ3) is 4.97. The standard InChI is InChI=1S/C20H17ClFN3O4/c1-12(19(27)23-16-8-7-13(22)11-15(16)21)29-20(28)17-9-10-18(26)25(24-17)14-5-3-2-4-6-14/h2-8,11-12H,9-10H2,1H3,(H,23,27). The number of para-hydroxylation sites is 1. The number of anilines is 2. The van der Waals surface area contributed by atoms with Crippen LogP contribution in [0.15, 0.2) is 53.6 Å². The fourth-order valence-electron chi connectivity index (χ4n) is 2.58. The average Bonchev–Trinajstić information content (AvgIpc) is 2.71. The largest absolute Gasteiger partial charge is 0.448 e. The van der Waals surface area contributed by atoms with E-state index in [1.807, 2.05) is 0 Å². The molecule has 0 aromatic heterocycles. The lowest BCUT2D eigenvalue weighted by Gasteiger charge is -2.23. The number of hydrogen-bond donors (Lipinski definition) is 1. The number of carbonyl (C=O) groups is 3. The Morgan fingerprint density at radius 1 is 1.21 bits per heavy atom. The minimum absolute atomic E-state index is 0.0190. The van der Waals surface area contributed by atoms with Crippen molar-refractivity contribution in [2.75, 3.05) is 10.3 Å². The highest BCUT2D eigenvalue weighted by atomic mass is 35.5. The molecule has 0 fully saturated rings. The molecule has 1 aliphatic rings. The smallest absolute Gasteiger partial charge is 0.355 e. The maximum atomic E-state index is 13.1. The molecule has 2 aromatic carbocycles. The van der Waals surface area contributed by atoms with Crippen molar-refractivity contribution in [2.24, 2.45) is 5.10 Å². The fourth-order valence-corrected chi connectivity index (χ4v) is 2.79. The normalized spacial score (nSPS) is 14.8. The van der Waals surface area contributed by atoms with Crippen molar-refractivity contribution < 1.29 is 23.5 Å². The highest BCUT2D eigenvalue weighted by Gasteiger charge is 2.28. The van der Waals surface area contributed by atoms with Gasteiger partial charge in [-0.25, -0.2) is 14.2 Å². The van der Waals surface area contributed by atoms with Gasteiger partial charge in [0.25, 0.3) is 5.91 Å². The number of hydrogen-bond acceptors (Lipinski definition) is 5. The van der Waals surface area contributed by atoms with Crippen molar-refractivity contribution in [1.29, 1.82) is 0 Å². The number of esters is 1. The van der Waals surface area contributed by atoms with E-state index < -0.39 is 23.8 Å². The van der Waals surface area contributed by atoms with Gasteiger partial charge in [-0.3, -0.25) is 9.59 Å². The molecule has 0 saturated heterocycles. The monoisotopic (exact) mass is 417 g/mol. The van der Waals surface area contributed by atoms with Gasteiger partial charge < -0.3 is 10.1 Å². The van der Waals surface area contributed by atoms with Crippen LogP contribution >= 0.6 is 11.6 Å². The number of rotatable bonds is 5. The van der Waals surface area contributed by atoms with Crippen LogP contribution in [0.5, 0.6) is 0 Å². The maximum absolute atomic E-state index is 13.1. The van der Waals surface area contributed by atoms with Crippen LogP contribution in [0.25, 0.3) is 0 Å². The first kappa shape index (κ1) is 20.5. The van der Waals surface area contributed by atoms with E-state index in [4.69, 9.17) is 16.3 Å². The minimum Gasteiger partial charge on any atom is -0.448 e. The zero-order chi connectivity index (χ0) is 21.0. The lowest BCUT2D eigenvalue weighted by Crippen LogP contribution is -2.37. The van der Waals surface area contributed by atoms with Crippen molar-refractivity contribution in [3.63, 3.8) is 0 Å². The summed E-state index contributed by atoms with van der Waals surface area (Å²) < 4.78 is 18.3. The first-order chi connectivity index (χ1) is 13.8. The average molecular weight is 418 g/mol. The molecule has 29 heavy (non-hydrogen) atoms. The van der Waals surface area contributed by atoms with E-state index in [2.05, 4.69) is 10.4 Å². The zero-order valence-electron chi connectivity index (χ0n) is 15.4. The van der Waals surface area contributed by atoms with Crippen LogP contribution in [0.3, 0.4) is 0 Å². The Morgan fingerprint density at radius 2 is 1.93 bits per heavy atom. The molecule has 0 bridgehead atoms. The summed E-state index contributed by atoms with van der Waals surface area (Å²) in [6.45, 7) is 1.38. The molecule has 7 nitrogen and oxygen atoms in total. The van der Waals surface area contributed by atoms with Gasteiger partial charge in [0.2, 0.25) is 5.91 Å². The van der Waals surface area contributed by atoms with Crippen LogP contribution in [0.4, 0.5) is 15.8 Å². The number of hydrazone groups is 1. The van der Waals surface area contributed by atoms with Crippen molar-refractivity contribution in [3.05, 3.63) is 59.4 Å². The third-order valence-corrected chi connectivity index (χ3v) is 4.42. The highest BCUT2D eigenvalue weighted by molar-refractivity contribution is 6.38. The summed E-state index contributed by atoms with van der Waals surface area (Å²) >= 11 is 5.87. The Bertz CT molecular complexity index is 981. The summed E-state index contributed by atoms with van der Waals surface area (Å²) in [7, 11) is 0. The Balaban J connectivity index is 1.67. The van der Waals surface area contributed by atoms with Crippen LogP contribution in [0, 0.1) is 5.82 Å². The highest BCUT2D eigenvalue weighted by Crippen LogP contribution is 2.23. The fraction of sp³-hybridized carbons (Fsp3) is 0.200. The number of halogens is 2. The van der Waals surface area contributed by atoms with Gasteiger partial charge >= 0.3 is 5.97 Å². The second kappa shape index (κ2) is 8.83. The van der Waals surface area contributed by atoms with Gasteiger partial charge in [-0.2, -0.15) is 5.10 Å². The van der Waals surface area contributed by atoms with Gasteiger partial charge in [-0.05, 0) is 37.3 Å². The Morgan fingerprint density at radius 3 is 2.62 bits per heavy atom. The quantitative estimate of drug-likeness (QED) is 0.754. The predicted molar refractivity (Wildman–Crippen MR) is 106 cm³/mol. The molecule has 1 heterocycles. The number of carbonyl (C=O) groups excluding carboxylic acids is 3. The van der Waals surface area contributed by atoms with E-state index >= 15 is 0 Å².